The highest BCUT2D eigenvalue weighted by Gasteiger charge is 2.11. The molecule has 0 amide bonds. The molecule has 0 unspecified atom stereocenters. The first-order valence-electron chi connectivity index (χ1n) is 7.19. The van der Waals surface area contributed by atoms with Gasteiger partial charge in [0.2, 0.25) is 0 Å². The normalized spacial score (nSPS) is 10.7. The SMILES string of the molecule is COc1cccc(-c2ccc(CNC(C)C)cc2)c1OC. The van der Waals surface area contributed by atoms with Crippen LogP contribution in [0.25, 0.3) is 11.1 Å². The third kappa shape index (κ3) is 3.76. The zero-order valence-electron chi connectivity index (χ0n) is 13.1. The van der Waals surface area contributed by atoms with E-state index in [0.717, 1.165) is 29.2 Å². The number of ether oxygens (including phenoxy) is 2. The standard InChI is InChI=1S/C18H23NO2/c1-13(2)19-12-14-8-10-15(11-9-14)16-6-5-7-17(20-3)18(16)21-4/h5-11,13,19H,12H2,1-4H3. The van der Waals surface area contributed by atoms with Crippen molar-refractivity contribution in [3.63, 3.8) is 0 Å². The zero-order valence-corrected chi connectivity index (χ0v) is 13.1. The summed E-state index contributed by atoms with van der Waals surface area (Å²) in [6.07, 6.45) is 0. The zero-order chi connectivity index (χ0) is 15.2. The lowest BCUT2D eigenvalue weighted by atomic mass is 10.0. The molecule has 3 nitrogen and oxygen atoms in total. The first-order valence-corrected chi connectivity index (χ1v) is 7.19. The van der Waals surface area contributed by atoms with E-state index in [9.17, 15) is 0 Å². The number of methoxy groups -OCH3 is 2. The van der Waals surface area contributed by atoms with Gasteiger partial charge < -0.3 is 14.8 Å². The highest BCUT2D eigenvalue weighted by atomic mass is 16.5. The second kappa shape index (κ2) is 7.14. The Kier molecular flexibility index (Phi) is 5.23. The summed E-state index contributed by atoms with van der Waals surface area (Å²) in [5.41, 5.74) is 3.44. The largest absolute Gasteiger partial charge is 0.493 e. The molecule has 112 valence electrons. The molecule has 2 rings (SSSR count). The lowest BCUT2D eigenvalue weighted by molar-refractivity contribution is 0.356. The summed E-state index contributed by atoms with van der Waals surface area (Å²) >= 11 is 0. The third-order valence-electron chi connectivity index (χ3n) is 3.38. The van der Waals surface area contributed by atoms with Crippen molar-refractivity contribution in [1.82, 2.24) is 5.32 Å². The molecule has 0 aliphatic carbocycles. The van der Waals surface area contributed by atoms with E-state index >= 15 is 0 Å². The van der Waals surface area contributed by atoms with Gasteiger partial charge in [0.1, 0.15) is 0 Å². The summed E-state index contributed by atoms with van der Waals surface area (Å²) < 4.78 is 10.8. The van der Waals surface area contributed by atoms with E-state index in [-0.39, 0.29) is 0 Å². The molecule has 0 aliphatic rings. The first-order chi connectivity index (χ1) is 10.2. The van der Waals surface area contributed by atoms with Crippen molar-refractivity contribution in [3.05, 3.63) is 48.0 Å². The minimum atomic E-state index is 0.489. The van der Waals surface area contributed by atoms with E-state index < -0.39 is 0 Å². The Bertz CT molecular complexity index is 576. The van der Waals surface area contributed by atoms with E-state index in [1.807, 2.05) is 18.2 Å². The van der Waals surface area contributed by atoms with Crippen LogP contribution in [0.2, 0.25) is 0 Å². The van der Waals surface area contributed by atoms with Gasteiger partial charge in [-0.15, -0.1) is 0 Å². The number of para-hydroxylation sites is 1. The van der Waals surface area contributed by atoms with Gasteiger partial charge in [-0.3, -0.25) is 0 Å². The van der Waals surface area contributed by atoms with Crippen LogP contribution in [-0.4, -0.2) is 20.3 Å². The number of nitrogens with one attached hydrogen (secondary N) is 1. The van der Waals surface area contributed by atoms with Crippen LogP contribution in [0.15, 0.2) is 42.5 Å². The average molecular weight is 285 g/mol. The molecule has 0 spiro atoms. The predicted molar refractivity (Wildman–Crippen MR) is 87.0 cm³/mol. The number of rotatable bonds is 6. The molecule has 2 aromatic rings. The van der Waals surface area contributed by atoms with Gasteiger partial charge in [0.25, 0.3) is 0 Å². The molecule has 2 aromatic carbocycles. The van der Waals surface area contributed by atoms with Gasteiger partial charge in [-0.2, -0.15) is 0 Å². The minimum absolute atomic E-state index is 0.489. The van der Waals surface area contributed by atoms with Crippen LogP contribution in [0, 0.1) is 0 Å². The molecular formula is C18H23NO2. The molecule has 0 fully saturated rings. The van der Waals surface area contributed by atoms with Crippen molar-refractivity contribution in [2.45, 2.75) is 26.4 Å². The van der Waals surface area contributed by atoms with E-state index in [1.54, 1.807) is 14.2 Å². The Hall–Kier alpha value is -2.00. The maximum absolute atomic E-state index is 5.49. The topological polar surface area (TPSA) is 30.5 Å². The van der Waals surface area contributed by atoms with Crippen molar-refractivity contribution in [1.29, 1.82) is 0 Å². The lowest BCUT2D eigenvalue weighted by Crippen LogP contribution is -2.21. The van der Waals surface area contributed by atoms with Gasteiger partial charge in [0.05, 0.1) is 14.2 Å². The highest BCUT2D eigenvalue weighted by Crippen LogP contribution is 2.37. The summed E-state index contributed by atoms with van der Waals surface area (Å²) in [6, 6.07) is 14.9. The van der Waals surface area contributed by atoms with Gasteiger partial charge >= 0.3 is 0 Å². The van der Waals surface area contributed by atoms with Crippen LogP contribution in [0.4, 0.5) is 0 Å². The highest BCUT2D eigenvalue weighted by molar-refractivity contribution is 5.73. The van der Waals surface area contributed by atoms with Gasteiger partial charge in [0.15, 0.2) is 11.5 Å². The maximum atomic E-state index is 5.49. The number of hydrogen-bond acceptors (Lipinski definition) is 3. The second-order valence-electron chi connectivity index (χ2n) is 5.27. The van der Waals surface area contributed by atoms with Gasteiger partial charge in [0, 0.05) is 18.2 Å². The van der Waals surface area contributed by atoms with Crippen LogP contribution in [-0.2, 0) is 6.54 Å². The van der Waals surface area contributed by atoms with Crippen LogP contribution < -0.4 is 14.8 Å². The number of hydrogen-bond donors (Lipinski definition) is 1. The molecule has 0 aliphatic heterocycles. The van der Waals surface area contributed by atoms with Gasteiger partial charge in [-0.1, -0.05) is 50.2 Å². The smallest absolute Gasteiger partial charge is 0.168 e. The molecule has 0 saturated heterocycles. The van der Waals surface area contributed by atoms with Crippen molar-refractivity contribution in [2.75, 3.05) is 14.2 Å². The monoisotopic (exact) mass is 285 g/mol. The van der Waals surface area contributed by atoms with E-state index in [2.05, 4.69) is 43.4 Å². The molecule has 3 heteroatoms. The fourth-order valence-corrected chi connectivity index (χ4v) is 2.24. The van der Waals surface area contributed by atoms with Crippen LogP contribution in [0.5, 0.6) is 11.5 Å². The molecule has 0 bridgehead atoms. The summed E-state index contributed by atoms with van der Waals surface area (Å²) in [5, 5.41) is 3.42. The van der Waals surface area contributed by atoms with E-state index in [1.165, 1.54) is 5.56 Å². The van der Waals surface area contributed by atoms with Crippen molar-refractivity contribution in [3.8, 4) is 22.6 Å². The minimum Gasteiger partial charge on any atom is -0.493 e. The van der Waals surface area contributed by atoms with Gasteiger partial charge in [-0.25, -0.2) is 0 Å². The van der Waals surface area contributed by atoms with Crippen molar-refractivity contribution >= 4 is 0 Å². The Morgan fingerprint density at radius 2 is 1.67 bits per heavy atom. The van der Waals surface area contributed by atoms with Crippen molar-refractivity contribution in [2.24, 2.45) is 0 Å². The summed E-state index contributed by atoms with van der Waals surface area (Å²) in [4.78, 5) is 0. The molecule has 21 heavy (non-hydrogen) atoms. The lowest BCUT2D eigenvalue weighted by Gasteiger charge is -2.13. The summed E-state index contributed by atoms with van der Waals surface area (Å²) in [5.74, 6) is 1.52. The first kappa shape index (κ1) is 15.4. The maximum Gasteiger partial charge on any atom is 0.168 e. The molecule has 0 saturated carbocycles. The Labute approximate surface area is 126 Å². The van der Waals surface area contributed by atoms with Crippen molar-refractivity contribution < 1.29 is 9.47 Å². The fourth-order valence-electron chi connectivity index (χ4n) is 2.24. The Balaban J connectivity index is 2.26. The molecule has 0 atom stereocenters. The van der Waals surface area contributed by atoms with Crippen LogP contribution in [0.3, 0.4) is 0 Å². The Morgan fingerprint density at radius 3 is 2.24 bits per heavy atom. The predicted octanol–water partition coefficient (Wildman–Crippen LogP) is 3.87. The fraction of sp³-hybridized carbons (Fsp3) is 0.333. The number of benzene rings is 2. The van der Waals surface area contributed by atoms with Crippen LogP contribution in [0.1, 0.15) is 19.4 Å². The molecule has 1 N–H and O–H groups in total. The molecule has 0 heterocycles. The Morgan fingerprint density at radius 1 is 0.952 bits per heavy atom. The average Bonchev–Trinajstić information content (AvgIpc) is 2.52. The third-order valence-corrected chi connectivity index (χ3v) is 3.38. The second-order valence-corrected chi connectivity index (χ2v) is 5.27. The van der Waals surface area contributed by atoms with E-state index in [4.69, 9.17) is 9.47 Å². The van der Waals surface area contributed by atoms with Gasteiger partial charge in [-0.05, 0) is 17.2 Å². The van der Waals surface area contributed by atoms with Crippen LogP contribution >= 0.6 is 0 Å². The molecule has 0 radical (unpaired) electrons. The summed E-state index contributed by atoms with van der Waals surface area (Å²) in [7, 11) is 3.32. The quantitative estimate of drug-likeness (QED) is 0.874. The molecule has 0 aromatic heterocycles. The molecular weight excluding hydrogens is 262 g/mol. The van der Waals surface area contributed by atoms with E-state index in [0.29, 0.717) is 6.04 Å². The summed E-state index contributed by atoms with van der Waals surface area (Å²) in [6.45, 7) is 5.18.